The van der Waals surface area contributed by atoms with Gasteiger partial charge in [0, 0.05) is 9.89 Å². The molecule has 0 heterocycles. The number of rotatable bonds is 4. The fourth-order valence-electron chi connectivity index (χ4n) is 5.71. The molecule has 3 nitrogen and oxygen atoms in total. The van der Waals surface area contributed by atoms with Crippen LogP contribution in [0.15, 0.2) is 28.7 Å². The van der Waals surface area contributed by atoms with Gasteiger partial charge in [-0.1, -0.05) is 28.1 Å². The summed E-state index contributed by atoms with van der Waals surface area (Å²) in [5, 5.41) is 21.0. The average Bonchev–Trinajstić information content (AvgIpc) is 2.52. The monoisotopic (exact) mass is 378 g/mol. The van der Waals surface area contributed by atoms with E-state index in [0.717, 1.165) is 23.7 Å². The lowest BCUT2D eigenvalue weighted by molar-refractivity contribution is -0.158. The number of carbonyl (C=O) groups is 1. The number of aliphatic hydroxyl groups excluding tert-OH is 2. The lowest BCUT2D eigenvalue weighted by atomic mass is 9.48. The van der Waals surface area contributed by atoms with Crippen LogP contribution in [0.3, 0.4) is 0 Å². The number of hydrogen-bond donors (Lipinski definition) is 2. The van der Waals surface area contributed by atoms with Gasteiger partial charge in [0.2, 0.25) is 0 Å². The third kappa shape index (κ3) is 2.69. The van der Waals surface area contributed by atoms with Crippen LogP contribution >= 0.6 is 15.9 Å². The van der Waals surface area contributed by atoms with Gasteiger partial charge in [-0.15, -0.1) is 0 Å². The van der Waals surface area contributed by atoms with Crippen LogP contribution in [-0.4, -0.2) is 22.1 Å². The van der Waals surface area contributed by atoms with Crippen LogP contribution in [-0.2, 0) is 4.79 Å². The Morgan fingerprint density at radius 1 is 1.00 bits per heavy atom. The molecule has 4 aliphatic rings. The van der Waals surface area contributed by atoms with Crippen LogP contribution in [0.5, 0.6) is 0 Å². The van der Waals surface area contributed by atoms with Crippen molar-refractivity contribution in [3.05, 3.63) is 34.3 Å². The second-order valence-corrected chi connectivity index (χ2v) is 8.92. The summed E-state index contributed by atoms with van der Waals surface area (Å²) in [6, 6.07) is 7.15. The van der Waals surface area contributed by atoms with Gasteiger partial charge in [0.1, 0.15) is 12.2 Å². The SMILES string of the molecule is O=C([C@H](O)[C@@H](O)c1ccc(Br)cc1)C12CC3CC(CC(C3)C1)C2. The lowest BCUT2D eigenvalue weighted by Gasteiger charge is -2.56. The average molecular weight is 379 g/mol. The molecule has 4 heteroatoms. The number of halogens is 1. The summed E-state index contributed by atoms with van der Waals surface area (Å²) in [5.74, 6) is 1.85. The Labute approximate surface area is 145 Å². The molecule has 4 aliphatic carbocycles. The Kier molecular flexibility index (Phi) is 3.90. The Bertz CT molecular complexity index is 574. The van der Waals surface area contributed by atoms with E-state index in [0.29, 0.717) is 23.3 Å². The molecule has 0 radical (unpaired) electrons. The van der Waals surface area contributed by atoms with Crippen LogP contribution in [0, 0.1) is 23.2 Å². The zero-order valence-corrected chi connectivity index (χ0v) is 14.7. The highest BCUT2D eigenvalue weighted by molar-refractivity contribution is 9.10. The number of carbonyl (C=O) groups excluding carboxylic acids is 1. The van der Waals surface area contributed by atoms with Crippen LogP contribution < -0.4 is 0 Å². The van der Waals surface area contributed by atoms with Gasteiger partial charge >= 0.3 is 0 Å². The van der Waals surface area contributed by atoms with Gasteiger partial charge in [-0.25, -0.2) is 0 Å². The molecular weight excluding hydrogens is 356 g/mol. The molecule has 0 saturated heterocycles. The Morgan fingerprint density at radius 3 is 1.96 bits per heavy atom. The smallest absolute Gasteiger partial charge is 0.170 e. The zero-order valence-electron chi connectivity index (χ0n) is 13.1. The molecule has 23 heavy (non-hydrogen) atoms. The van der Waals surface area contributed by atoms with Crippen molar-refractivity contribution in [1.29, 1.82) is 0 Å². The molecule has 1 aromatic rings. The Hall–Kier alpha value is -0.710. The van der Waals surface area contributed by atoms with Gasteiger partial charge in [-0.3, -0.25) is 4.79 Å². The van der Waals surface area contributed by atoms with Gasteiger partial charge in [-0.2, -0.15) is 0 Å². The molecule has 0 spiro atoms. The van der Waals surface area contributed by atoms with Crippen molar-refractivity contribution in [2.45, 2.75) is 50.7 Å². The molecular formula is C19H23BrO3. The topological polar surface area (TPSA) is 57.5 Å². The molecule has 4 bridgehead atoms. The highest BCUT2D eigenvalue weighted by Gasteiger charge is 2.56. The van der Waals surface area contributed by atoms with E-state index in [1.165, 1.54) is 19.3 Å². The zero-order chi connectivity index (χ0) is 16.2. The Morgan fingerprint density at radius 2 is 1.48 bits per heavy atom. The molecule has 4 saturated carbocycles. The maximum Gasteiger partial charge on any atom is 0.170 e. The standard InChI is InChI=1S/C19H23BrO3/c20-15-3-1-14(2-4-15)16(21)17(22)18(23)19-8-11-5-12(9-19)7-13(6-11)10-19/h1-4,11-13,16-17,21-22H,5-10H2/t11?,12?,13?,16-,17+,19?/m0/s1. The molecule has 0 aliphatic heterocycles. The molecule has 1 aromatic carbocycles. The molecule has 2 N–H and O–H groups in total. The van der Waals surface area contributed by atoms with Gasteiger partial charge in [0.05, 0.1) is 0 Å². The molecule has 5 rings (SSSR count). The van der Waals surface area contributed by atoms with Crippen molar-refractivity contribution < 1.29 is 15.0 Å². The first-order valence-corrected chi connectivity index (χ1v) is 9.42. The van der Waals surface area contributed by atoms with E-state index < -0.39 is 12.2 Å². The van der Waals surface area contributed by atoms with Crippen LogP contribution in [0.1, 0.15) is 50.2 Å². The summed E-state index contributed by atoms with van der Waals surface area (Å²) in [5.41, 5.74) is 0.226. The number of aliphatic hydroxyl groups is 2. The third-order valence-corrected chi connectivity index (χ3v) is 6.87. The quantitative estimate of drug-likeness (QED) is 0.840. The molecule has 2 atom stereocenters. The predicted molar refractivity (Wildman–Crippen MR) is 90.7 cm³/mol. The minimum absolute atomic E-state index is 0.119. The fraction of sp³-hybridized carbons (Fsp3) is 0.632. The van der Waals surface area contributed by atoms with Crippen LogP contribution in [0.2, 0.25) is 0 Å². The molecule has 0 amide bonds. The number of hydrogen-bond acceptors (Lipinski definition) is 3. The second kappa shape index (κ2) is 5.68. The lowest BCUT2D eigenvalue weighted by Crippen LogP contribution is -2.53. The number of benzene rings is 1. The summed E-state index contributed by atoms with van der Waals surface area (Å²) in [6.45, 7) is 0. The first-order chi connectivity index (χ1) is 11.0. The highest BCUT2D eigenvalue weighted by Crippen LogP contribution is 2.60. The first-order valence-electron chi connectivity index (χ1n) is 8.63. The highest BCUT2D eigenvalue weighted by atomic mass is 79.9. The van der Waals surface area contributed by atoms with Crippen molar-refractivity contribution in [3.63, 3.8) is 0 Å². The maximum absolute atomic E-state index is 13.1. The minimum Gasteiger partial charge on any atom is -0.385 e. The summed E-state index contributed by atoms with van der Waals surface area (Å²) in [6.07, 6.45) is 4.09. The number of Topliss-reactive ketones (excluding diaryl/α,β-unsaturated/α-hetero) is 1. The van der Waals surface area contributed by atoms with E-state index in [1.54, 1.807) is 12.1 Å². The van der Waals surface area contributed by atoms with Gasteiger partial charge in [0.15, 0.2) is 5.78 Å². The number of ketones is 1. The summed E-state index contributed by atoms with van der Waals surface area (Å²) >= 11 is 3.36. The Balaban J connectivity index is 1.55. The summed E-state index contributed by atoms with van der Waals surface area (Å²) in [4.78, 5) is 13.1. The molecule has 0 aromatic heterocycles. The normalized spacial score (nSPS) is 37.6. The first kappa shape index (κ1) is 15.8. The largest absolute Gasteiger partial charge is 0.385 e. The third-order valence-electron chi connectivity index (χ3n) is 6.34. The van der Waals surface area contributed by atoms with Crippen molar-refractivity contribution in [3.8, 4) is 0 Å². The minimum atomic E-state index is -1.31. The molecule has 0 unspecified atom stereocenters. The van der Waals surface area contributed by atoms with Gasteiger partial charge < -0.3 is 10.2 Å². The van der Waals surface area contributed by atoms with Crippen molar-refractivity contribution >= 4 is 21.7 Å². The van der Waals surface area contributed by atoms with Gasteiger partial charge in [-0.05, 0) is 74.0 Å². The maximum atomic E-state index is 13.1. The van der Waals surface area contributed by atoms with E-state index in [9.17, 15) is 15.0 Å². The molecule has 4 fully saturated rings. The second-order valence-electron chi connectivity index (χ2n) is 8.00. The fourth-order valence-corrected chi connectivity index (χ4v) is 5.98. The van der Waals surface area contributed by atoms with Crippen molar-refractivity contribution in [1.82, 2.24) is 0 Å². The van der Waals surface area contributed by atoms with E-state index in [-0.39, 0.29) is 11.2 Å². The summed E-state index contributed by atoms with van der Waals surface area (Å²) in [7, 11) is 0. The summed E-state index contributed by atoms with van der Waals surface area (Å²) < 4.78 is 0.912. The van der Waals surface area contributed by atoms with E-state index in [1.807, 2.05) is 12.1 Å². The predicted octanol–water partition coefficient (Wildman–Crippen LogP) is 3.63. The van der Waals surface area contributed by atoms with Crippen LogP contribution in [0.4, 0.5) is 0 Å². The van der Waals surface area contributed by atoms with E-state index in [4.69, 9.17) is 0 Å². The van der Waals surface area contributed by atoms with Gasteiger partial charge in [0.25, 0.3) is 0 Å². The molecule has 124 valence electrons. The van der Waals surface area contributed by atoms with Crippen molar-refractivity contribution in [2.24, 2.45) is 23.2 Å². The van der Waals surface area contributed by atoms with Crippen molar-refractivity contribution in [2.75, 3.05) is 0 Å². The van der Waals surface area contributed by atoms with E-state index in [2.05, 4.69) is 15.9 Å². The van der Waals surface area contributed by atoms with E-state index >= 15 is 0 Å². The van der Waals surface area contributed by atoms with Crippen LogP contribution in [0.25, 0.3) is 0 Å².